The van der Waals surface area contributed by atoms with Crippen molar-refractivity contribution in [1.29, 1.82) is 0 Å². The molecule has 2 aliphatic heterocycles. The third kappa shape index (κ3) is 3.85. The first-order valence-corrected chi connectivity index (χ1v) is 9.47. The number of fused-ring (bicyclic) bond motifs is 1. The molecule has 0 radical (unpaired) electrons. The monoisotopic (exact) mass is 418 g/mol. The molecule has 6 atom stereocenters. The Hall–Kier alpha value is -2.69. The van der Waals surface area contributed by atoms with Crippen LogP contribution in [0.2, 0.25) is 0 Å². The van der Waals surface area contributed by atoms with E-state index in [1.165, 1.54) is 18.2 Å². The Morgan fingerprint density at radius 1 is 1.00 bits per heavy atom. The van der Waals surface area contributed by atoms with Gasteiger partial charge in [0.1, 0.15) is 47.8 Å². The zero-order valence-electron chi connectivity index (χ0n) is 15.8. The largest absolute Gasteiger partial charge is 0.508 e. The number of carbonyl (C=O) groups excluding carboxylic acids is 1. The van der Waals surface area contributed by atoms with Crippen molar-refractivity contribution >= 4 is 5.78 Å². The van der Waals surface area contributed by atoms with Gasteiger partial charge in [0.05, 0.1) is 18.6 Å². The second-order valence-electron chi connectivity index (χ2n) is 7.30. The number of hydrogen-bond acceptors (Lipinski definition) is 9. The van der Waals surface area contributed by atoms with Crippen LogP contribution in [0.3, 0.4) is 0 Å². The summed E-state index contributed by atoms with van der Waals surface area (Å²) in [5, 5.41) is 48.6. The van der Waals surface area contributed by atoms with Crippen molar-refractivity contribution in [1.82, 2.24) is 0 Å². The molecular weight excluding hydrogens is 396 g/mol. The summed E-state index contributed by atoms with van der Waals surface area (Å²) in [6.45, 7) is -0.548. The molecule has 0 amide bonds. The van der Waals surface area contributed by atoms with Gasteiger partial charge in [-0.1, -0.05) is 12.1 Å². The second kappa shape index (κ2) is 8.21. The summed E-state index contributed by atoms with van der Waals surface area (Å²) in [7, 11) is 0. The number of ketones is 1. The molecule has 2 unspecified atom stereocenters. The van der Waals surface area contributed by atoms with E-state index >= 15 is 0 Å². The smallest absolute Gasteiger partial charge is 0.229 e. The average molecular weight is 418 g/mol. The van der Waals surface area contributed by atoms with Crippen LogP contribution < -0.4 is 9.47 Å². The number of phenolic OH excluding ortho intramolecular Hbond substituents is 1. The van der Waals surface area contributed by atoms with Crippen LogP contribution in [0.4, 0.5) is 0 Å². The van der Waals surface area contributed by atoms with Gasteiger partial charge in [-0.25, -0.2) is 0 Å². The highest BCUT2D eigenvalue weighted by Crippen LogP contribution is 2.37. The van der Waals surface area contributed by atoms with Crippen LogP contribution in [0, 0.1) is 0 Å². The molecule has 160 valence electrons. The first kappa shape index (κ1) is 20.6. The zero-order valence-corrected chi connectivity index (χ0v) is 15.8. The van der Waals surface area contributed by atoms with Crippen LogP contribution in [0.25, 0.3) is 0 Å². The Balaban J connectivity index is 1.46. The highest BCUT2D eigenvalue weighted by Gasteiger charge is 2.44. The van der Waals surface area contributed by atoms with Gasteiger partial charge in [-0.3, -0.25) is 4.79 Å². The fourth-order valence-corrected chi connectivity index (χ4v) is 3.56. The Morgan fingerprint density at radius 3 is 2.43 bits per heavy atom. The lowest BCUT2D eigenvalue weighted by molar-refractivity contribution is -0.277. The molecule has 0 bridgehead atoms. The van der Waals surface area contributed by atoms with Gasteiger partial charge in [-0.15, -0.1) is 0 Å². The third-order valence-electron chi connectivity index (χ3n) is 5.26. The van der Waals surface area contributed by atoms with Gasteiger partial charge in [-0.05, 0) is 29.8 Å². The average Bonchev–Trinajstić information content (AvgIpc) is 2.74. The van der Waals surface area contributed by atoms with E-state index in [1.54, 1.807) is 24.3 Å². The maximum atomic E-state index is 12.4. The maximum Gasteiger partial charge on any atom is 0.229 e. The summed E-state index contributed by atoms with van der Waals surface area (Å²) < 4.78 is 16.7. The number of aliphatic hydroxyl groups is 4. The molecule has 0 aromatic heterocycles. The molecule has 0 aliphatic carbocycles. The molecule has 2 aliphatic rings. The third-order valence-corrected chi connectivity index (χ3v) is 5.26. The summed E-state index contributed by atoms with van der Waals surface area (Å²) in [6.07, 6.45) is -7.24. The quantitative estimate of drug-likeness (QED) is 0.472. The first-order chi connectivity index (χ1) is 14.4. The van der Waals surface area contributed by atoms with Gasteiger partial charge in [0.25, 0.3) is 0 Å². The number of ether oxygens (including phenoxy) is 3. The summed E-state index contributed by atoms with van der Waals surface area (Å²) in [5.41, 5.74) is 1.13. The molecule has 9 nitrogen and oxygen atoms in total. The van der Waals surface area contributed by atoms with E-state index in [9.17, 15) is 30.3 Å². The van der Waals surface area contributed by atoms with Crippen molar-refractivity contribution in [3.05, 3.63) is 53.6 Å². The van der Waals surface area contributed by atoms with E-state index in [0.717, 1.165) is 0 Å². The number of aromatic hydroxyl groups is 1. The SMILES string of the molecule is O=C1CC(c2ccc(OC3O[C@H](CO)[C@@H](O)[C@H](O)[C@H]3O)cc2)Oc2cc(O)ccc21. The van der Waals surface area contributed by atoms with Gasteiger partial charge >= 0.3 is 0 Å². The van der Waals surface area contributed by atoms with Crippen LogP contribution in [-0.2, 0) is 4.74 Å². The number of aliphatic hydroxyl groups excluding tert-OH is 4. The molecule has 2 aromatic carbocycles. The van der Waals surface area contributed by atoms with Crippen molar-refractivity contribution in [3.8, 4) is 17.2 Å². The predicted octanol–water partition coefficient (Wildman–Crippen LogP) is 0.277. The van der Waals surface area contributed by atoms with Gasteiger partial charge < -0.3 is 39.7 Å². The molecule has 2 aromatic rings. The molecule has 4 rings (SSSR count). The summed E-state index contributed by atoms with van der Waals surface area (Å²) in [5.74, 6) is 0.537. The lowest BCUT2D eigenvalue weighted by atomic mass is 9.96. The van der Waals surface area contributed by atoms with Gasteiger partial charge in [0.2, 0.25) is 6.29 Å². The van der Waals surface area contributed by atoms with Gasteiger partial charge in [0, 0.05) is 6.07 Å². The molecular formula is C21H22O9. The summed E-state index contributed by atoms with van der Waals surface area (Å²) in [4.78, 5) is 12.4. The number of benzene rings is 2. The fraction of sp³-hybridized carbons (Fsp3) is 0.381. The van der Waals surface area contributed by atoms with Crippen LogP contribution in [0.5, 0.6) is 17.2 Å². The topological polar surface area (TPSA) is 146 Å². The van der Waals surface area contributed by atoms with Crippen molar-refractivity contribution in [2.75, 3.05) is 6.61 Å². The summed E-state index contributed by atoms with van der Waals surface area (Å²) >= 11 is 0. The van der Waals surface area contributed by atoms with E-state index in [2.05, 4.69) is 0 Å². The molecule has 30 heavy (non-hydrogen) atoms. The van der Waals surface area contributed by atoms with Gasteiger partial charge in [-0.2, -0.15) is 0 Å². The highest BCUT2D eigenvalue weighted by molar-refractivity contribution is 6.00. The Bertz CT molecular complexity index is 911. The van der Waals surface area contributed by atoms with Crippen molar-refractivity contribution in [2.24, 2.45) is 0 Å². The minimum Gasteiger partial charge on any atom is -0.508 e. The number of Topliss-reactive ketones (excluding diaryl/α,β-unsaturated/α-hetero) is 1. The summed E-state index contributed by atoms with van der Waals surface area (Å²) in [6, 6.07) is 10.9. The van der Waals surface area contributed by atoms with E-state index in [1.807, 2.05) is 0 Å². The van der Waals surface area contributed by atoms with Crippen LogP contribution in [-0.4, -0.2) is 68.6 Å². The molecule has 2 heterocycles. The Labute approximate surface area is 171 Å². The lowest BCUT2D eigenvalue weighted by Crippen LogP contribution is -2.60. The second-order valence-corrected chi connectivity index (χ2v) is 7.30. The number of carbonyl (C=O) groups is 1. The van der Waals surface area contributed by atoms with E-state index in [4.69, 9.17) is 14.2 Å². The normalized spacial score (nSPS) is 31.0. The molecule has 9 heteroatoms. The maximum absolute atomic E-state index is 12.4. The zero-order chi connectivity index (χ0) is 21.4. The number of phenols is 1. The number of rotatable bonds is 4. The number of hydrogen-bond donors (Lipinski definition) is 5. The van der Waals surface area contributed by atoms with E-state index in [-0.39, 0.29) is 18.0 Å². The van der Waals surface area contributed by atoms with E-state index < -0.39 is 43.4 Å². The van der Waals surface area contributed by atoms with Crippen LogP contribution in [0.15, 0.2) is 42.5 Å². The Morgan fingerprint density at radius 2 is 1.73 bits per heavy atom. The van der Waals surface area contributed by atoms with Crippen molar-refractivity contribution in [3.63, 3.8) is 0 Å². The van der Waals surface area contributed by atoms with Gasteiger partial charge in [0.15, 0.2) is 5.78 Å². The standard InChI is InChI=1S/C21H22O9/c22-9-17-18(25)19(26)20(27)21(30-17)28-12-4-1-10(2-5-12)15-8-14(24)13-6-3-11(23)7-16(13)29-15/h1-7,15,17-23,25-27H,8-9H2/t15?,17-,18-,19+,20-,21?/m1/s1. The van der Waals surface area contributed by atoms with E-state index in [0.29, 0.717) is 22.6 Å². The van der Waals surface area contributed by atoms with Crippen LogP contribution in [0.1, 0.15) is 28.4 Å². The van der Waals surface area contributed by atoms with Crippen molar-refractivity contribution in [2.45, 2.75) is 43.2 Å². The molecule has 0 saturated carbocycles. The fourth-order valence-electron chi connectivity index (χ4n) is 3.56. The molecule has 5 N–H and O–H groups in total. The minimum absolute atomic E-state index is 0.00507. The van der Waals surface area contributed by atoms with Crippen molar-refractivity contribution < 1.29 is 44.5 Å². The minimum atomic E-state index is -1.53. The molecule has 1 fully saturated rings. The lowest BCUT2D eigenvalue weighted by Gasteiger charge is -2.39. The highest BCUT2D eigenvalue weighted by atomic mass is 16.7. The first-order valence-electron chi connectivity index (χ1n) is 9.47. The molecule has 1 saturated heterocycles. The van der Waals surface area contributed by atoms with Crippen LogP contribution >= 0.6 is 0 Å². The Kier molecular flexibility index (Phi) is 5.63. The molecule has 0 spiro atoms. The predicted molar refractivity (Wildman–Crippen MR) is 101 cm³/mol.